The Morgan fingerprint density at radius 3 is 2.46 bits per heavy atom. The topological polar surface area (TPSA) is 140 Å². The molecule has 3 aliphatic rings. The number of imide groups is 1. The zero-order valence-electron chi connectivity index (χ0n) is 33.8. The van der Waals surface area contributed by atoms with Crippen molar-refractivity contribution in [3.63, 3.8) is 0 Å². The van der Waals surface area contributed by atoms with E-state index in [9.17, 15) is 27.6 Å². The molecule has 3 aromatic heterocycles. The number of amides is 3. The molecule has 6 heterocycles. The van der Waals surface area contributed by atoms with Gasteiger partial charge in [0.05, 0.1) is 17.7 Å². The summed E-state index contributed by atoms with van der Waals surface area (Å²) >= 11 is 0. The van der Waals surface area contributed by atoms with Crippen molar-refractivity contribution in [2.45, 2.75) is 51.2 Å². The number of nitrogens with one attached hydrogen (secondary N) is 3. The lowest BCUT2D eigenvalue weighted by Crippen LogP contribution is -2.49. The van der Waals surface area contributed by atoms with Gasteiger partial charge in [0.25, 0.3) is 5.91 Å². The van der Waals surface area contributed by atoms with Gasteiger partial charge in [0.15, 0.2) is 5.65 Å². The maximum atomic E-state index is 14.4. The normalized spacial score (nSPS) is 18.2. The lowest BCUT2D eigenvalue weighted by Gasteiger charge is -2.36. The number of aryl methyl sites for hydroxylation is 1. The molecule has 3 amide bonds. The van der Waals surface area contributed by atoms with Crippen LogP contribution in [-0.2, 0) is 22.3 Å². The molecule has 3 aliphatic heterocycles. The van der Waals surface area contributed by atoms with Crippen LogP contribution in [0.25, 0.3) is 5.65 Å². The molecule has 0 spiro atoms. The van der Waals surface area contributed by atoms with Crippen molar-refractivity contribution in [3.05, 3.63) is 118 Å². The van der Waals surface area contributed by atoms with Crippen molar-refractivity contribution in [1.82, 2.24) is 40.0 Å². The molecule has 0 bridgehead atoms. The number of rotatable bonds is 10. The third kappa shape index (κ3) is 10.1. The molecule has 8 rings (SSSR count). The number of hydrogen-bond donors (Lipinski definition) is 3. The first-order valence-corrected chi connectivity index (χ1v) is 20.6. The Hall–Kier alpha value is -6.15. The van der Waals surface area contributed by atoms with Crippen molar-refractivity contribution >= 4 is 34.9 Å². The smallest absolute Gasteiger partial charge is 0.357 e. The molecular formula is C45H47F3N10O3. The lowest BCUT2D eigenvalue weighted by atomic mass is 9.91. The fourth-order valence-electron chi connectivity index (χ4n) is 8.14. The van der Waals surface area contributed by atoms with E-state index in [-0.39, 0.29) is 41.1 Å². The predicted octanol–water partition coefficient (Wildman–Crippen LogP) is 5.21. The number of carbonyl (C=O) groups excluding carboxylic acids is 3. The Bertz CT molecular complexity index is 2460. The maximum Gasteiger partial charge on any atom is 0.416 e. The minimum absolute atomic E-state index is 0.0602. The number of pyridine rings is 1. The van der Waals surface area contributed by atoms with Crippen molar-refractivity contribution in [2.75, 3.05) is 62.7 Å². The molecule has 3 N–H and O–H groups in total. The highest BCUT2D eigenvalue weighted by Gasteiger charge is 2.35. The number of piperazine rings is 1. The number of nitrogens with zero attached hydrogens (tertiary/aromatic N) is 7. The minimum Gasteiger partial charge on any atom is -0.357 e. The van der Waals surface area contributed by atoms with Crippen molar-refractivity contribution < 1.29 is 27.6 Å². The van der Waals surface area contributed by atoms with E-state index in [1.165, 1.54) is 12.1 Å². The fraction of sp³-hybridized carbons (Fsp3) is 0.378. The number of anilines is 2. The Morgan fingerprint density at radius 1 is 0.902 bits per heavy atom. The van der Waals surface area contributed by atoms with Gasteiger partial charge in [0.1, 0.15) is 11.5 Å². The Balaban J connectivity index is 0.786. The van der Waals surface area contributed by atoms with Crippen LogP contribution < -0.4 is 20.9 Å². The SMILES string of the molecule is Cc1ccc(C(=O)Nc2ccc(CN3CCN(CNCC4CCN(c5ccc(C6CCC(=O)NC6=O)cn5)CC4)CC3)c(C(F)(F)F)c2)cc1C#Cc1cnc2cccnn12. The predicted molar refractivity (Wildman–Crippen MR) is 224 cm³/mol. The van der Waals surface area contributed by atoms with Gasteiger partial charge < -0.3 is 15.5 Å². The van der Waals surface area contributed by atoms with Crippen LogP contribution >= 0.6 is 0 Å². The molecule has 0 aliphatic carbocycles. The van der Waals surface area contributed by atoms with Crippen molar-refractivity contribution in [2.24, 2.45) is 5.92 Å². The fourth-order valence-corrected chi connectivity index (χ4v) is 8.14. The summed E-state index contributed by atoms with van der Waals surface area (Å²) in [5.41, 5.74) is 3.23. The number of piperidine rings is 2. The van der Waals surface area contributed by atoms with Crippen LogP contribution in [-0.4, -0.2) is 99.6 Å². The van der Waals surface area contributed by atoms with E-state index in [0.717, 1.165) is 68.6 Å². The highest BCUT2D eigenvalue weighted by atomic mass is 19.4. The summed E-state index contributed by atoms with van der Waals surface area (Å²) in [5, 5.41) is 12.9. The third-order valence-electron chi connectivity index (χ3n) is 11.8. The van der Waals surface area contributed by atoms with E-state index in [1.807, 2.05) is 30.0 Å². The van der Waals surface area contributed by atoms with E-state index < -0.39 is 17.6 Å². The summed E-state index contributed by atoms with van der Waals surface area (Å²) in [6.07, 6.45) is 3.28. The van der Waals surface area contributed by atoms with Crippen molar-refractivity contribution in [3.8, 4) is 11.8 Å². The summed E-state index contributed by atoms with van der Waals surface area (Å²) in [6.45, 7) is 8.14. The zero-order valence-corrected chi connectivity index (χ0v) is 33.8. The highest BCUT2D eigenvalue weighted by molar-refractivity contribution is 6.04. The molecular weight excluding hydrogens is 786 g/mol. The molecule has 1 atom stereocenters. The van der Waals surface area contributed by atoms with Gasteiger partial charge in [-0.05, 0) is 104 Å². The quantitative estimate of drug-likeness (QED) is 0.127. The zero-order chi connectivity index (χ0) is 42.5. The second-order valence-electron chi connectivity index (χ2n) is 15.9. The molecule has 3 fully saturated rings. The first-order valence-electron chi connectivity index (χ1n) is 20.6. The molecule has 13 nitrogen and oxygen atoms in total. The molecule has 3 saturated heterocycles. The summed E-state index contributed by atoms with van der Waals surface area (Å²) < 4.78 is 44.8. The van der Waals surface area contributed by atoms with Crippen LogP contribution in [0.3, 0.4) is 0 Å². The molecule has 1 unspecified atom stereocenters. The van der Waals surface area contributed by atoms with Crippen molar-refractivity contribution in [1.29, 1.82) is 0 Å². The monoisotopic (exact) mass is 832 g/mol. The number of imidazole rings is 1. The van der Waals surface area contributed by atoms with Crippen LogP contribution in [0.5, 0.6) is 0 Å². The van der Waals surface area contributed by atoms with Gasteiger partial charge in [-0.15, -0.1) is 0 Å². The second kappa shape index (κ2) is 18.2. The van der Waals surface area contributed by atoms with Crippen LogP contribution in [0, 0.1) is 24.7 Å². The average Bonchev–Trinajstić information content (AvgIpc) is 3.67. The maximum absolute atomic E-state index is 14.4. The third-order valence-corrected chi connectivity index (χ3v) is 11.8. The number of hydrogen-bond acceptors (Lipinski definition) is 10. The Labute approximate surface area is 351 Å². The molecule has 316 valence electrons. The number of benzene rings is 2. The van der Waals surface area contributed by atoms with E-state index in [2.05, 4.69) is 52.7 Å². The van der Waals surface area contributed by atoms with Gasteiger partial charge in [-0.2, -0.15) is 18.3 Å². The number of alkyl halides is 3. The van der Waals surface area contributed by atoms with Gasteiger partial charge in [-0.25, -0.2) is 14.5 Å². The van der Waals surface area contributed by atoms with Crippen LogP contribution in [0.15, 0.2) is 79.3 Å². The first kappa shape index (κ1) is 41.6. The summed E-state index contributed by atoms with van der Waals surface area (Å²) in [7, 11) is 0. The number of fused-ring (bicyclic) bond motifs is 1. The van der Waals surface area contributed by atoms with E-state index in [1.54, 1.807) is 47.4 Å². The van der Waals surface area contributed by atoms with E-state index in [0.29, 0.717) is 55.4 Å². The van der Waals surface area contributed by atoms with E-state index in [4.69, 9.17) is 0 Å². The Kier molecular flexibility index (Phi) is 12.4. The average molecular weight is 833 g/mol. The van der Waals surface area contributed by atoms with Crippen LogP contribution in [0.4, 0.5) is 24.7 Å². The van der Waals surface area contributed by atoms with Crippen LogP contribution in [0.1, 0.15) is 75.5 Å². The number of carbonyl (C=O) groups is 3. The van der Waals surface area contributed by atoms with Gasteiger partial charge in [0.2, 0.25) is 11.8 Å². The standard InChI is InChI=1S/C45H47F3N10O3/c1-30-4-5-33(23-32(30)7-10-37-27-51-41-3-2-16-52-58(37)41)43(60)53-36-9-6-35(39(24-36)45(46,47)48)28-55-19-21-56(22-20-55)29-49-25-31-14-17-57(18-15-31)40-12-8-34(26-50-40)38-11-13-42(59)54-44(38)61/h2-6,8-9,12,16,23-24,26-27,31,38,49H,11,13-15,17-22,25,28-29H2,1H3,(H,53,60)(H,54,59,61). The summed E-state index contributed by atoms with van der Waals surface area (Å²) in [5.74, 6) is 6.17. The molecule has 16 heteroatoms. The largest absolute Gasteiger partial charge is 0.416 e. The lowest BCUT2D eigenvalue weighted by molar-refractivity contribution is -0.138. The summed E-state index contributed by atoms with van der Waals surface area (Å²) in [4.78, 5) is 52.5. The first-order chi connectivity index (χ1) is 29.5. The van der Waals surface area contributed by atoms with Crippen LogP contribution in [0.2, 0.25) is 0 Å². The molecule has 61 heavy (non-hydrogen) atoms. The Morgan fingerprint density at radius 2 is 1.70 bits per heavy atom. The van der Waals surface area contributed by atoms with E-state index >= 15 is 0 Å². The molecule has 5 aromatic rings. The minimum atomic E-state index is -4.60. The van der Waals surface area contributed by atoms with Gasteiger partial charge in [0, 0.05) is 88.1 Å². The summed E-state index contributed by atoms with van der Waals surface area (Å²) in [6, 6.07) is 16.5. The highest BCUT2D eigenvalue weighted by Crippen LogP contribution is 2.35. The van der Waals surface area contributed by atoms with Gasteiger partial charge in [-0.1, -0.05) is 24.1 Å². The molecule has 0 radical (unpaired) electrons. The number of halogens is 3. The number of aromatic nitrogens is 4. The van der Waals surface area contributed by atoms with Gasteiger partial charge >= 0.3 is 6.18 Å². The molecule has 2 aromatic carbocycles. The van der Waals surface area contributed by atoms with Gasteiger partial charge in [-0.3, -0.25) is 29.5 Å². The molecule has 0 saturated carbocycles. The second-order valence-corrected chi connectivity index (χ2v) is 15.9.